The number of nitrogens with two attached hydrogens (primary N) is 1. The lowest BCUT2D eigenvalue weighted by atomic mass is 10.0. The van der Waals surface area contributed by atoms with E-state index >= 15 is 0 Å². The molecule has 0 saturated heterocycles. The van der Waals surface area contributed by atoms with Gasteiger partial charge < -0.3 is 15.4 Å². The molecule has 0 spiro atoms. The van der Waals surface area contributed by atoms with E-state index in [1.807, 2.05) is 26.8 Å². The summed E-state index contributed by atoms with van der Waals surface area (Å²) in [6.45, 7) is 9.79. The van der Waals surface area contributed by atoms with Crippen LogP contribution in [0.2, 0.25) is 0 Å². The normalized spacial score (nSPS) is 21.8. The highest BCUT2D eigenvalue weighted by Gasteiger charge is 2.32. The molecule has 5 heteroatoms. The molecule has 1 aliphatic carbocycles. The number of aryl methyl sites for hydroxylation is 1. The quantitative estimate of drug-likeness (QED) is 0.873. The van der Waals surface area contributed by atoms with Crippen LogP contribution in [-0.2, 0) is 0 Å². The summed E-state index contributed by atoms with van der Waals surface area (Å²) in [5.74, 6) is 1.98. The van der Waals surface area contributed by atoms with Crippen LogP contribution in [0.4, 0.5) is 5.95 Å². The second-order valence-electron chi connectivity index (χ2n) is 6.09. The Balaban J connectivity index is 2.26. The molecular weight excluding hydrogens is 264 g/mol. The van der Waals surface area contributed by atoms with Crippen molar-refractivity contribution >= 4 is 5.95 Å². The fraction of sp³-hybridized carbons (Fsp3) is 0.750. The minimum absolute atomic E-state index is 0.116. The summed E-state index contributed by atoms with van der Waals surface area (Å²) < 4.78 is 5.74. The van der Waals surface area contributed by atoms with E-state index in [0.717, 1.165) is 24.7 Å². The Bertz CT molecular complexity index is 464. The van der Waals surface area contributed by atoms with Crippen molar-refractivity contribution in [1.29, 1.82) is 0 Å². The average molecular weight is 292 g/mol. The highest BCUT2D eigenvalue weighted by atomic mass is 16.5. The molecule has 1 aliphatic rings. The van der Waals surface area contributed by atoms with Crippen LogP contribution in [0.15, 0.2) is 6.07 Å². The van der Waals surface area contributed by atoms with Gasteiger partial charge in [-0.05, 0) is 53.0 Å². The molecule has 0 amide bonds. The maximum absolute atomic E-state index is 5.93. The van der Waals surface area contributed by atoms with Crippen LogP contribution in [0.5, 0.6) is 5.88 Å². The summed E-state index contributed by atoms with van der Waals surface area (Å²) in [7, 11) is 0. The summed E-state index contributed by atoms with van der Waals surface area (Å²) in [5, 5.41) is 0. The minimum Gasteiger partial charge on any atom is -0.475 e. The van der Waals surface area contributed by atoms with Crippen molar-refractivity contribution in [3.05, 3.63) is 11.8 Å². The molecular formula is C16H28N4O. The molecule has 0 aliphatic heterocycles. The lowest BCUT2D eigenvalue weighted by Crippen LogP contribution is -2.41. The van der Waals surface area contributed by atoms with Crippen LogP contribution in [0.3, 0.4) is 0 Å². The fourth-order valence-corrected chi connectivity index (χ4v) is 3.18. The first kappa shape index (κ1) is 16.0. The van der Waals surface area contributed by atoms with Gasteiger partial charge in [-0.2, -0.15) is 4.98 Å². The Kier molecular flexibility index (Phi) is 5.39. The molecule has 5 nitrogen and oxygen atoms in total. The second kappa shape index (κ2) is 7.07. The number of hydrogen-bond donors (Lipinski definition) is 1. The highest BCUT2D eigenvalue weighted by Crippen LogP contribution is 2.31. The average Bonchev–Trinajstić information content (AvgIpc) is 2.86. The van der Waals surface area contributed by atoms with E-state index in [9.17, 15) is 0 Å². The van der Waals surface area contributed by atoms with Gasteiger partial charge in [0.1, 0.15) is 0 Å². The number of nitrogens with zero attached hydrogens (tertiary/aromatic N) is 3. The molecule has 21 heavy (non-hydrogen) atoms. The molecule has 0 radical (unpaired) electrons. The van der Waals surface area contributed by atoms with Crippen LogP contribution in [0, 0.1) is 12.8 Å². The Hall–Kier alpha value is -1.36. The predicted octanol–water partition coefficient (Wildman–Crippen LogP) is 2.53. The van der Waals surface area contributed by atoms with Gasteiger partial charge in [-0.1, -0.05) is 6.42 Å². The van der Waals surface area contributed by atoms with E-state index in [0.29, 0.717) is 17.8 Å². The van der Waals surface area contributed by atoms with Crippen molar-refractivity contribution in [1.82, 2.24) is 9.97 Å². The first-order chi connectivity index (χ1) is 10.0. The monoisotopic (exact) mass is 292 g/mol. The van der Waals surface area contributed by atoms with Crippen molar-refractivity contribution in [2.24, 2.45) is 11.7 Å². The molecule has 0 bridgehead atoms. The van der Waals surface area contributed by atoms with Crippen molar-refractivity contribution in [2.45, 2.75) is 59.1 Å². The van der Waals surface area contributed by atoms with Crippen molar-refractivity contribution < 1.29 is 4.74 Å². The number of hydrogen-bond acceptors (Lipinski definition) is 5. The summed E-state index contributed by atoms with van der Waals surface area (Å²) in [6.07, 6.45) is 3.74. The number of anilines is 1. The lowest BCUT2D eigenvalue weighted by molar-refractivity contribution is 0.232. The Morgan fingerprint density at radius 2 is 2.14 bits per heavy atom. The summed E-state index contributed by atoms with van der Waals surface area (Å²) >= 11 is 0. The van der Waals surface area contributed by atoms with Gasteiger partial charge in [0.25, 0.3) is 0 Å². The van der Waals surface area contributed by atoms with E-state index in [-0.39, 0.29) is 6.10 Å². The third kappa shape index (κ3) is 3.84. The molecule has 1 aromatic rings. The predicted molar refractivity (Wildman–Crippen MR) is 85.7 cm³/mol. The maximum Gasteiger partial charge on any atom is 0.229 e. The van der Waals surface area contributed by atoms with Crippen LogP contribution in [0.25, 0.3) is 0 Å². The van der Waals surface area contributed by atoms with Crippen molar-refractivity contribution in [3.63, 3.8) is 0 Å². The summed E-state index contributed by atoms with van der Waals surface area (Å²) in [6, 6.07) is 2.35. The fourth-order valence-electron chi connectivity index (χ4n) is 3.18. The molecule has 1 aromatic heterocycles. The van der Waals surface area contributed by atoms with E-state index < -0.39 is 0 Å². The highest BCUT2D eigenvalue weighted by molar-refractivity contribution is 5.36. The van der Waals surface area contributed by atoms with Gasteiger partial charge in [0.2, 0.25) is 11.8 Å². The first-order valence-electron chi connectivity index (χ1n) is 8.04. The molecule has 1 saturated carbocycles. The van der Waals surface area contributed by atoms with Gasteiger partial charge in [0.05, 0.1) is 6.10 Å². The summed E-state index contributed by atoms with van der Waals surface area (Å²) in [5.41, 5.74) is 6.87. The standard InChI is InChI=1S/C16H28N4O/c1-5-20(14-8-6-7-13(14)10-17)16-18-12(4)9-15(19-16)21-11(2)3/h9,11,13-14H,5-8,10,17H2,1-4H3. The molecule has 118 valence electrons. The zero-order valence-electron chi connectivity index (χ0n) is 13.7. The van der Waals surface area contributed by atoms with Gasteiger partial charge in [-0.3, -0.25) is 0 Å². The zero-order chi connectivity index (χ0) is 15.4. The van der Waals surface area contributed by atoms with E-state index in [4.69, 9.17) is 10.5 Å². The maximum atomic E-state index is 5.93. The number of ether oxygens (including phenoxy) is 1. The Morgan fingerprint density at radius 3 is 2.76 bits per heavy atom. The second-order valence-corrected chi connectivity index (χ2v) is 6.09. The zero-order valence-corrected chi connectivity index (χ0v) is 13.7. The molecule has 1 fully saturated rings. The first-order valence-corrected chi connectivity index (χ1v) is 8.04. The largest absolute Gasteiger partial charge is 0.475 e. The third-order valence-corrected chi connectivity index (χ3v) is 4.09. The van der Waals surface area contributed by atoms with Gasteiger partial charge in [0.15, 0.2) is 0 Å². The lowest BCUT2D eigenvalue weighted by Gasteiger charge is -2.32. The van der Waals surface area contributed by atoms with Crippen molar-refractivity contribution in [2.75, 3.05) is 18.0 Å². The van der Waals surface area contributed by atoms with E-state index in [2.05, 4.69) is 21.8 Å². The summed E-state index contributed by atoms with van der Waals surface area (Å²) in [4.78, 5) is 11.5. The van der Waals surface area contributed by atoms with Crippen LogP contribution >= 0.6 is 0 Å². The molecule has 2 rings (SSSR count). The molecule has 2 unspecified atom stereocenters. The smallest absolute Gasteiger partial charge is 0.229 e. The molecule has 1 heterocycles. The minimum atomic E-state index is 0.116. The molecule has 2 atom stereocenters. The van der Waals surface area contributed by atoms with Crippen molar-refractivity contribution in [3.8, 4) is 5.88 Å². The third-order valence-electron chi connectivity index (χ3n) is 4.09. The Morgan fingerprint density at radius 1 is 1.38 bits per heavy atom. The van der Waals surface area contributed by atoms with Crippen LogP contribution in [-0.4, -0.2) is 35.2 Å². The van der Waals surface area contributed by atoms with Crippen LogP contribution < -0.4 is 15.4 Å². The van der Waals surface area contributed by atoms with Crippen LogP contribution in [0.1, 0.15) is 45.7 Å². The van der Waals surface area contributed by atoms with E-state index in [1.165, 1.54) is 19.3 Å². The molecule has 0 aromatic carbocycles. The van der Waals surface area contributed by atoms with Gasteiger partial charge in [0, 0.05) is 24.3 Å². The molecule has 2 N–H and O–H groups in total. The SMILES string of the molecule is CCN(c1nc(C)cc(OC(C)C)n1)C1CCCC1CN. The van der Waals surface area contributed by atoms with Gasteiger partial charge >= 0.3 is 0 Å². The number of aromatic nitrogens is 2. The Labute approximate surface area is 127 Å². The van der Waals surface area contributed by atoms with E-state index in [1.54, 1.807) is 0 Å². The topological polar surface area (TPSA) is 64.3 Å². The van der Waals surface area contributed by atoms with Gasteiger partial charge in [-0.25, -0.2) is 4.98 Å². The van der Waals surface area contributed by atoms with Gasteiger partial charge in [-0.15, -0.1) is 0 Å². The number of rotatable bonds is 6.